The summed E-state index contributed by atoms with van der Waals surface area (Å²) in [7, 11) is 0. The van der Waals surface area contributed by atoms with Crippen LogP contribution >= 0.6 is 11.8 Å². The lowest BCUT2D eigenvalue weighted by Crippen LogP contribution is -2.42. The first kappa shape index (κ1) is 10.4. The fourth-order valence-corrected chi connectivity index (χ4v) is 2.02. The summed E-state index contributed by atoms with van der Waals surface area (Å²) in [6.07, 6.45) is 6.61. The number of aliphatic hydroxyl groups is 1. The van der Waals surface area contributed by atoms with Crippen molar-refractivity contribution in [3.8, 4) is 0 Å². The molecular weight excluding hydrogens is 170 g/mol. The number of thioether (sulfide) groups is 1. The van der Waals surface area contributed by atoms with Crippen LogP contribution in [-0.2, 0) is 0 Å². The third-order valence-corrected chi connectivity index (χ3v) is 3.05. The average molecular weight is 189 g/mol. The average Bonchev–Trinajstić information content (AvgIpc) is 2.09. The smallest absolute Gasteiger partial charge is 0.0693 e. The van der Waals surface area contributed by atoms with Gasteiger partial charge in [-0.2, -0.15) is 11.8 Å². The minimum Gasteiger partial charge on any atom is -0.392 e. The second-order valence-electron chi connectivity index (χ2n) is 3.41. The van der Waals surface area contributed by atoms with Crippen LogP contribution in [0.3, 0.4) is 0 Å². The van der Waals surface area contributed by atoms with Gasteiger partial charge in [-0.25, -0.2) is 0 Å². The molecule has 2 N–H and O–H groups in total. The zero-order valence-corrected chi connectivity index (χ0v) is 8.57. The summed E-state index contributed by atoms with van der Waals surface area (Å²) in [4.78, 5) is 0. The molecule has 1 rings (SSSR count). The van der Waals surface area contributed by atoms with Gasteiger partial charge in [-0.15, -0.1) is 0 Å². The summed E-state index contributed by atoms with van der Waals surface area (Å²) < 4.78 is 0. The van der Waals surface area contributed by atoms with E-state index < -0.39 is 0 Å². The van der Waals surface area contributed by atoms with Crippen LogP contribution in [0.25, 0.3) is 0 Å². The van der Waals surface area contributed by atoms with E-state index in [1.807, 2.05) is 11.8 Å². The summed E-state index contributed by atoms with van der Waals surface area (Å²) in [5, 5.41) is 13.0. The van der Waals surface area contributed by atoms with Crippen LogP contribution in [0.15, 0.2) is 0 Å². The molecule has 0 amide bonds. The molecule has 0 aromatic rings. The van der Waals surface area contributed by atoms with Crippen LogP contribution in [0, 0.1) is 0 Å². The Hall–Kier alpha value is 0.270. The maximum Gasteiger partial charge on any atom is 0.0693 e. The molecule has 0 aromatic carbocycles. The second kappa shape index (κ2) is 5.84. The molecule has 3 heteroatoms. The molecule has 0 unspecified atom stereocenters. The van der Waals surface area contributed by atoms with Gasteiger partial charge >= 0.3 is 0 Å². The van der Waals surface area contributed by atoms with Crippen LogP contribution in [0.2, 0.25) is 0 Å². The molecule has 12 heavy (non-hydrogen) atoms. The number of hydrogen-bond acceptors (Lipinski definition) is 3. The number of rotatable bonds is 4. The molecule has 0 spiro atoms. The quantitative estimate of drug-likeness (QED) is 0.653. The van der Waals surface area contributed by atoms with Crippen LogP contribution in [-0.4, -0.2) is 35.8 Å². The third-order valence-electron chi connectivity index (χ3n) is 2.44. The normalized spacial score (nSPS) is 30.5. The maximum absolute atomic E-state index is 9.60. The van der Waals surface area contributed by atoms with Crippen molar-refractivity contribution in [1.29, 1.82) is 0 Å². The Morgan fingerprint density at radius 2 is 2.17 bits per heavy atom. The van der Waals surface area contributed by atoms with Crippen LogP contribution in [0.1, 0.15) is 25.7 Å². The van der Waals surface area contributed by atoms with Gasteiger partial charge in [-0.3, -0.25) is 0 Å². The van der Waals surface area contributed by atoms with E-state index in [0.717, 1.165) is 25.1 Å². The van der Waals surface area contributed by atoms with E-state index in [1.165, 1.54) is 12.8 Å². The second-order valence-corrected chi connectivity index (χ2v) is 4.39. The van der Waals surface area contributed by atoms with Crippen molar-refractivity contribution in [2.75, 3.05) is 18.6 Å². The SMILES string of the molecule is CSCCN[C@H]1CCCC[C@@H]1O. The predicted molar refractivity (Wildman–Crippen MR) is 54.6 cm³/mol. The van der Waals surface area contributed by atoms with Gasteiger partial charge in [0.1, 0.15) is 0 Å². The molecule has 0 heterocycles. The predicted octanol–water partition coefficient (Wildman–Crippen LogP) is 1.24. The first-order chi connectivity index (χ1) is 5.84. The molecule has 1 aliphatic carbocycles. The fraction of sp³-hybridized carbons (Fsp3) is 1.00. The Balaban J connectivity index is 2.11. The van der Waals surface area contributed by atoms with E-state index in [1.54, 1.807) is 0 Å². The summed E-state index contributed by atoms with van der Waals surface area (Å²) in [6.45, 7) is 1.03. The van der Waals surface area contributed by atoms with E-state index in [0.29, 0.717) is 6.04 Å². The van der Waals surface area contributed by atoms with Crippen LogP contribution < -0.4 is 5.32 Å². The molecule has 0 bridgehead atoms. The zero-order valence-electron chi connectivity index (χ0n) is 7.75. The standard InChI is InChI=1S/C9H19NOS/c1-12-7-6-10-8-4-2-3-5-9(8)11/h8-11H,2-7H2,1H3/t8-,9-/m0/s1. The third kappa shape index (κ3) is 3.33. The molecule has 0 radical (unpaired) electrons. The largest absolute Gasteiger partial charge is 0.392 e. The molecule has 0 aliphatic heterocycles. The lowest BCUT2D eigenvalue weighted by atomic mass is 9.93. The first-order valence-electron chi connectivity index (χ1n) is 4.75. The Bertz CT molecular complexity index is 121. The van der Waals surface area contributed by atoms with Gasteiger partial charge in [0, 0.05) is 18.3 Å². The molecule has 1 aliphatic rings. The highest BCUT2D eigenvalue weighted by molar-refractivity contribution is 7.98. The van der Waals surface area contributed by atoms with Gasteiger partial charge in [0.15, 0.2) is 0 Å². The van der Waals surface area contributed by atoms with Crippen molar-refractivity contribution < 1.29 is 5.11 Å². The van der Waals surface area contributed by atoms with Crippen LogP contribution in [0.5, 0.6) is 0 Å². The first-order valence-corrected chi connectivity index (χ1v) is 6.14. The van der Waals surface area contributed by atoms with Crippen molar-refractivity contribution in [1.82, 2.24) is 5.32 Å². The molecular formula is C9H19NOS. The summed E-state index contributed by atoms with van der Waals surface area (Å²) in [5.41, 5.74) is 0. The van der Waals surface area contributed by atoms with Gasteiger partial charge < -0.3 is 10.4 Å². The van der Waals surface area contributed by atoms with Gasteiger partial charge in [-0.05, 0) is 19.1 Å². The topological polar surface area (TPSA) is 32.3 Å². The highest BCUT2D eigenvalue weighted by Gasteiger charge is 2.21. The maximum atomic E-state index is 9.60. The van der Waals surface area contributed by atoms with E-state index >= 15 is 0 Å². The highest BCUT2D eigenvalue weighted by atomic mass is 32.2. The molecule has 1 fully saturated rings. The molecule has 0 aromatic heterocycles. The van der Waals surface area contributed by atoms with Gasteiger partial charge in [-0.1, -0.05) is 12.8 Å². The monoisotopic (exact) mass is 189 g/mol. The van der Waals surface area contributed by atoms with E-state index in [9.17, 15) is 5.11 Å². The van der Waals surface area contributed by atoms with Gasteiger partial charge in [0.05, 0.1) is 6.10 Å². The van der Waals surface area contributed by atoms with E-state index in [-0.39, 0.29) is 6.10 Å². The number of aliphatic hydroxyl groups excluding tert-OH is 1. The van der Waals surface area contributed by atoms with Gasteiger partial charge in [0.2, 0.25) is 0 Å². The van der Waals surface area contributed by atoms with Gasteiger partial charge in [0.25, 0.3) is 0 Å². The Kier molecular flexibility index (Phi) is 5.04. The van der Waals surface area contributed by atoms with Crippen LogP contribution in [0.4, 0.5) is 0 Å². The molecule has 1 saturated carbocycles. The summed E-state index contributed by atoms with van der Waals surface area (Å²) in [5.74, 6) is 1.14. The minimum absolute atomic E-state index is 0.0967. The fourth-order valence-electron chi connectivity index (χ4n) is 1.70. The molecule has 0 saturated heterocycles. The Morgan fingerprint density at radius 3 is 2.83 bits per heavy atom. The number of hydrogen-bond donors (Lipinski definition) is 2. The highest BCUT2D eigenvalue weighted by Crippen LogP contribution is 2.18. The van der Waals surface area contributed by atoms with Crippen molar-refractivity contribution in [3.63, 3.8) is 0 Å². The zero-order chi connectivity index (χ0) is 8.81. The van der Waals surface area contributed by atoms with E-state index in [2.05, 4.69) is 11.6 Å². The Morgan fingerprint density at radius 1 is 1.42 bits per heavy atom. The summed E-state index contributed by atoms with van der Waals surface area (Å²) in [6, 6.07) is 0.367. The molecule has 2 atom stereocenters. The van der Waals surface area contributed by atoms with Crippen molar-refractivity contribution in [2.24, 2.45) is 0 Å². The molecule has 2 nitrogen and oxygen atoms in total. The minimum atomic E-state index is -0.0967. The Labute approximate surface area is 79.1 Å². The molecule has 72 valence electrons. The van der Waals surface area contributed by atoms with Crippen molar-refractivity contribution in [3.05, 3.63) is 0 Å². The lowest BCUT2D eigenvalue weighted by Gasteiger charge is -2.28. The van der Waals surface area contributed by atoms with Crippen molar-refractivity contribution in [2.45, 2.75) is 37.8 Å². The summed E-state index contributed by atoms with van der Waals surface area (Å²) >= 11 is 1.85. The number of nitrogens with one attached hydrogen (secondary N) is 1. The van der Waals surface area contributed by atoms with E-state index in [4.69, 9.17) is 0 Å². The van der Waals surface area contributed by atoms with Crippen molar-refractivity contribution >= 4 is 11.8 Å². The lowest BCUT2D eigenvalue weighted by molar-refractivity contribution is 0.0921.